The molecular formula is C12H14INO4. The lowest BCUT2D eigenvalue weighted by Gasteiger charge is -2.11. The second-order valence-corrected chi connectivity index (χ2v) is 4.98. The van der Waals surface area contributed by atoms with Gasteiger partial charge in [-0.25, -0.2) is 0 Å². The average Bonchev–Trinajstić information content (AvgIpc) is 2.32. The third kappa shape index (κ3) is 3.86. The predicted molar refractivity (Wildman–Crippen MR) is 74.6 cm³/mol. The number of carboxylic acid groups (broad SMARTS) is 1. The molecule has 6 heteroatoms. The molecule has 0 spiro atoms. The van der Waals surface area contributed by atoms with Gasteiger partial charge in [0.1, 0.15) is 5.75 Å². The molecule has 0 radical (unpaired) electrons. The van der Waals surface area contributed by atoms with E-state index in [0.29, 0.717) is 15.6 Å². The van der Waals surface area contributed by atoms with E-state index in [4.69, 9.17) is 5.11 Å². The molecule has 0 aromatic heterocycles. The van der Waals surface area contributed by atoms with E-state index in [1.807, 2.05) is 22.6 Å². The van der Waals surface area contributed by atoms with Crippen molar-refractivity contribution in [3.63, 3.8) is 0 Å². The normalized spacial score (nSPS) is 11.9. The van der Waals surface area contributed by atoms with Crippen LogP contribution in [0.1, 0.15) is 23.7 Å². The van der Waals surface area contributed by atoms with Crippen molar-refractivity contribution >= 4 is 34.5 Å². The molecule has 5 nitrogen and oxygen atoms in total. The van der Waals surface area contributed by atoms with Gasteiger partial charge in [0.2, 0.25) is 0 Å². The van der Waals surface area contributed by atoms with Gasteiger partial charge in [-0.2, -0.15) is 0 Å². The number of aliphatic carboxylic acids is 1. The molecule has 1 unspecified atom stereocenters. The van der Waals surface area contributed by atoms with Crippen molar-refractivity contribution in [3.05, 3.63) is 27.3 Å². The lowest BCUT2D eigenvalue weighted by Crippen LogP contribution is -2.32. The molecular weight excluding hydrogens is 349 g/mol. The Morgan fingerprint density at radius 3 is 2.61 bits per heavy atom. The molecule has 1 amide bonds. The van der Waals surface area contributed by atoms with E-state index >= 15 is 0 Å². The molecule has 0 fully saturated rings. The Labute approximate surface area is 118 Å². The smallest absolute Gasteiger partial charge is 0.308 e. The summed E-state index contributed by atoms with van der Waals surface area (Å²) in [6.45, 7) is 1.83. The van der Waals surface area contributed by atoms with Gasteiger partial charge in [-0.3, -0.25) is 9.59 Å². The summed E-state index contributed by atoms with van der Waals surface area (Å²) in [4.78, 5) is 22.5. The van der Waals surface area contributed by atoms with Gasteiger partial charge in [0.15, 0.2) is 0 Å². The van der Waals surface area contributed by atoms with Crippen LogP contribution < -0.4 is 5.32 Å². The topological polar surface area (TPSA) is 86.6 Å². The predicted octanol–water partition coefficient (Wildman–Crippen LogP) is 1.84. The van der Waals surface area contributed by atoms with E-state index < -0.39 is 11.9 Å². The van der Waals surface area contributed by atoms with E-state index in [9.17, 15) is 14.7 Å². The van der Waals surface area contributed by atoms with Crippen LogP contribution in [0.4, 0.5) is 0 Å². The number of hydrogen-bond acceptors (Lipinski definition) is 3. The zero-order chi connectivity index (χ0) is 13.7. The Balaban J connectivity index is 2.65. The van der Waals surface area contributed by atoms with Crippen LogP contribution in [0.5, 0.6) is 5.75 Å². The van der Waals surface area contributed by atoms with Crippen molar-refractivity contribution in [2.24, 2.45) is 5.92 Å². The van der Waals surface area contributed by atoms with Gasteiger partial charge in [-0.15, -0.1) is 0 Å². The lowest BCUT2D eigenvalue weighted by atomic mass is 10.1. The standard InChI is InChI=1S/C12H14INO4/c1-2-7(12(17)18)6-14-11(16)8-3-4-9(13)10(15)5-8/h3-5,7,15H,2,6H2,1H3,(H,14,16)(H,17,18). The quantitative estimate of drug-likeness (QED) is 0.697. The van der Waals surface area contributed by atoms with Crippen molar-refractivity contribution < 1.29 is 19.8 Å². The highest BCUT2D eigenvalue weighted by Gasteiger charge is 2.16. The van der Waals surface area contributed by atoms with Gasteiger partial charge in [-0.05, 0) is 47.2 Å². The van der Waals surface area contributed by atoms with Crippen molar-refractivity contribution in [3.8, 4) is 5.75 Å². The lowest BCUT2D eigenvalue weighted by molar-refractivity contribution is -0.141. The van der Waals surface area contributed by atoms with Crippen LogP contribution in [0.15, 0.2) is 18.2 Å². The first-order valence-corrected chi connectivity index (χ1v) is 6.53. The summed E-state index contributed by atoms with van der Waals surface area (Å²) < 4.78 is 0.654. The Bertz CT molecular complexity index is 461. The Morgan fingerprint density at radius 1 is 1.44 bits per heavy atom. The van der Waals surface area contributed by atoms with E-state index in [2.05, 4.69) is 5.32 Å². The van der Waals surface area contributed by atoms with Crippen LogP contribution >= 0.6 is 22.6 Å². The zero-order valence-corrected chi connectivity index (χ0v) is 12.0. The first-order valence-electron chi connectivity index (χ1n) is 5.45. The Morgan fingerprint density at radius 2 is 2.11 bits per heavy atom. The highest BCUT2D eigenvalue weighted by Crippen LogP contribution is 2.20. The number of halogens is 1. The Hall–Kier alpha value is -1.31. The molecule has 0 saturated heterocycles. The molecule has 0 heterocycles. The summed E-state index contributed by atoms with van der Waals surface area (Å²) in [6.07, 6.45) is 0.452. The highest BCUT2D eigenvalue weighted by molar-refractivity contribution is 14.1. The highest BCUT2D eigenvalue weighted by atomic mass is 127. The summed E-state index contributed by atoms with van der Waals surface area (Å²) in [5.41, 5.74) is 0.313. The Kier molecular flexibility index (Phi) is 5.39. The van der Waals surface area contributed by atoms with Crippen molar-refractivity contribution in [2.45, 2.75) is 13.3 Å². The summed E-state index contributed by atoms with van der Waals surface area (Å²) in [5, 5.41) is 20.9. The van der Waals surface area contributed by atoms with Gasteiger partial charge in [0, 0.05) is 12.1 Å². The fourth-order valence-corrected chi connectivity index (χ4v) is 1.71. The van der Waals surface area contributed by atoms with Crippen molar-refractivity contribution in [1.82, 2.24) is 5.32 Å². The average molecular weight is 363 g/mol. The van der Waals surface area contributed by atoms with Gasteiger partial charge < -0.3 is 15.5 Å². The molecule has 18 heavy (non-hydrogen) atoms. The number of aromatic hydroxyl groups is 1. The third-order valence-corrected chi connectivity index (χ3v) is 3.47. The molecule has 0 aliphatic rings. The number of amides is 1. The summed E-state index contributed by atoms with van der Waals surface area (Å²) in [5.74, 6) is -1.87. The van der Waals surface area contributed by atoms with E-state index in [1.165, 1.54) is 6.07 Å². The number of phenols is 1. The molecule has 0 saturated carbocycles. The molecule has 0 bridgehead atoms. The second-order valence-electron chi connectivity index (χ2n) is 3.82. The number of hydrogen-bond donors (Lipinski definition) is 3. The molecule has 0 aliphatic carbocycles. The zero-order valence-electron chi connectivity index (χ0n) is 9.81. The van der Waals surface area contributed by atoms with Crippen LogP contribution in [-0.2, 0) is 4.79 Å². The first kappa shape index (κ1) is 14.7. The minimum Gasteiger partial charge on any atom is -0.507 e. The minimum absolute atomic E-state index is 0.0357. The number of carbonyl (C=O) groups excluding carboxylic acids is 1. The first-order chi connectivity index (χ1) is 8.45. The summed E-state index contributed by atoms with van der Waals surface area (Å²) in [7, 11) is 0. The van der Waals surface area contributed by atoms with Crippen LogP contribution in [-0.4, -0.2) is 28.6 Å². The van der Waals surface area contributed by atoms with Gasteiger partial charge >= 0.3 is 5.97 Å². The number of carboxylic acids is 1. The maximum Gasteiger partial charge on any atom is 0.308 e. The number of rotatable bonds is 5. The molecule has 98 valence electrons. The molecule has 1 atom stereocenters. The maximum atomic E-state index is 11.7. The van der Waals surface area contributed by atoms with Crippen LogP contribution in [0.2, 0.25) is 0 Å². The van der Waals surface area contributed by atoms with Gasteiger partial charge in [-0.1, -0.05) is 6.92 Å². The molecule has 1 aromatic rings. The summed E-state index contributed by atoms with van der Waals surface area (Å²) >= 11 is 1.95. The molecule has 0 aliphatic heterocycles. The molecule has 1 rings (SSSR count). The largest absolute Gasteiger partial charge is 0.507 e. The SMILES string of the molecule is CCC(CNC(=O)c1ccc(I)c(O)c1)C(=O)O. The van der Waals surface area contributed by atoms with Crippen molar-refractivity contribution in [2.75, 3.05) is 6.54 Å². The number of benzene rings is 1. The third-order valence-electron chi connectivity index (χ3n) is 2.56. The van der Waals surface area contributed by atoms with Crippen LogP contribution in [0, 0.1) is 9.49 Å². The van der Waals surface area contributed by atoms with Crippen LogP contribution in [0.3, 0.4) is 0 Å². The fourth-order valence-electron chi connectivity index (χ4n) is 1.38. The van der Waals surface area contributed by atoms with Crippen molar-refractivity contribution in [1.29, 1.82) is 0 Å². The number of carbonyl (C=O) groups is 2. The van der Waals surface area contributed by atoms with Crippen LogP contribution in [0.25, 0.3) is 0 Å². The molecule has 1 aromatic carbocycles. The van der Waals surface area contributed by atoms with Gasteiger partial charge in [0.25, 0.3) is 5.91 Å². The summed E-state index contributed by atoms with van der Waals surface area (Å²) in [6, 6.07) is 4.57. The minimum atomic E-state index is -0.928. The fraction of sp³-hybridized carbons (Fsp3) is 0.333. The second kappa shape index (κ2) is 6.58. The van der Waals surface area contributed by atoms with E-state index in [0.717, 1.165) is 0 Å². The van der Waals surface area contributed by atoms with E-state index in [-0.39, 0.29) is 18.2 Å². The maximum absolute atomic E-state index is 11.7. The monoisotopic (exact) mass is 363 g/mol. The number of nitrogens with one attached hydrogen (secondary N) is 1. The molecule has 3 N–H and O–H groups in total. The van der Waals surface area contributed by atoms with Gasteiger partial charge in [0.05, 0.1) is 9.49 Å². The number of phenolic OH excluding ortho intramolecular Hbond substituents is 1. The van der Waals surface area contributed by atoms with E-state index in [1.54, 1.807) is 19.1 Å².